The molecule has 0 unspecified atom stereocenters. The molecule has 0 radical (unpaired) electrons. The first kappa shape index (κ1) is 18.2. The fourth-order valence-electron chi connectivity index (χ4n) is 1.73. The number of carbonyl (C=O) groups excluding carboxylic acids is 1. The van der Waals surface area contributed by atoms with E-state index < -0.39 is 26.4 Å². The summed E-state index contributed by atoms with van der Waals surface area (Å²) in [6.45, 7) is 0. The average molecular weight is 369 g/mol. The molecule has 2 aromatic heterocycles. The van der Waals surface area contributed by atoms with Crippen LogP contribution < -0.4 is 24.9 Å². The molecule has 0 fully saturated rings. The lowest BCUT2D eigenvalue weighted by molar-refractivity contribution is 0.256. The summed E-state index contributed by atoms with van der Waals surface area (Å²) in [6, 6.07) is 1.29. The summed E-state index contributed by atoms with van der Waals surface area (Å²) in [5.41, 5.74) is -0.752. The fourth-order valence-corrected chi connectivity index (χ4v) is 2.78. The highest BCUT2D eigenvalue weighted by molar-refractivity contribution is 7.90. The molecule has 0 bridgehead atoms. The highest BCUT2D eigenvalue weighted by Gasteiger charge is 2.22. The summed E-state index contributed by atoms with van der Waals surface area (Å²) in [7, 11) is -0.144. The Labute approximate surface area is 142 Å². The molecule has 0 atom stereocenters. The molecule has 134 valence electrons. The van der Waals surface area contributed by atoms with Crippen molar-refractivity contribution in [2.24, 2.45) is 7.05 Å². The first-order valence-electron chi connectivity index (χ1n) is 6.72. The zero-order valence-corrected chi connectivity index (χ0v) is 14.3. The summed E-state index contributed by atoms with van der Waals surface area (Å²) < 4.78 is 37.3. The third kappa shape index (κ3) is 4.44. The van der Waals surface area contributed by atoms with E-state index in [0.29, 0.717) is 0 Å². The van der Waals surface area contributed by atoms with Crippen molar-refractivity contribution in [3.05, 3.63) is 34.7 Å². The maximum absolute atomic E-state index is 12.2. The molecule has 0 aliphatic heterocycles. The molecule has 0 aliphatic carbocycles. The number of methoxy groups -OCH3 is 2. The molecule has 0 spiro atoms. The number of nitrogens with one attached hydrogen (secondary N) is 2. The predicted octanol–water partition coefficient (Wildman–Crippen LogP) is -0.297. The molecule has 2 rings (SSSR count). The molecular weight excluding hydrogens is 354 g/mol. The molecule has 0 saturated heterocycles. The fraction of sp³-hybridized carbons (Fsp3) is 0.231. The van der Waals surface area contributed by atoms with E-state index in [0.717, 1.165) is 12.3 Å². The van der Waals surface area contributed by atoms with Crippen LogP contribution in [0.4, 0.5) is 10.7 Å². The molecule has 2 N–H and O–H groups in total. The summed E-state index contributed by atoms with van der Waals surface area (Å²) in [6.07, 6.45) is 2.47. The SMILES string of the molecule is COc1cc(OC)nc(NC(=O)NS(=O)(=O)c2cn(C)ccc2=O)n1. The van der Waals surface area contributed by atoms with Gasteiger partial charge in [-0.15, -0.1) is 0 Å². The van der Waals surface area contributed by atoms with Gasteiger partial charge in [-0.25, -0.2) is 17.9 Å². The van der Waals surface area contributed by atoms with Crippen molar-refractivity contribution in [3.8, 4) is 11.8 Å². The Kier molecular flexibility index (Phi) is 5.22. The van der Waals surface area contributed by atoms with Gasteiger partial charge in [0.05, 0.1) is 20.3 Å². The first-order valence-corrected chi connectivity index (χ1v) is 8.20. The van der Waals surface area contributed by atoms with E-state index in [2.05, 4.69) is 15.3 Å². The van der Waals surface area contributed by atoms with Crippen molar-refractivity contribution < 1.29 is 22.7 Å². The molecule has 0 aromatic carbocycles. The first-order chi connectivity index (χ1) is 11.7. The van der Waals surface area contributed by atoms with Crippen LogP contribution in [-0.4, -0.2) is 43.2 Å². The van der Waals surface area contributed by atoms with Gasteiger partial charge < -0.3 is 14.0 Å². The average Bonchev–Trinajstić information content (AvgIpc) is 2.55. The molecule has 2 amide bonds. The summed E-state index contributed by atoms with van der Waals surface area (Å²) in [4.78, 5) is 30.7. The minimum atomic E-state index is -4.38. The number of sulfonamides is 1. The van der Waals surface area contributed by atoms with Gasteiger partial charge in [0.15, 0.2) is 4.90 Å². The van der Waals surface area contributed by atoms with Gasteiger partial charge >= 0.3 is 6.03 Å². The number of urea groups is 1. The van der Waals surface area contributed by atoms with Gasteiger partial charge in [-0.05, 0) is 0 Å². The maximum Gasteiger partial charge on any atom is 0.335 e. The van der Waals surface area contributed by atoms with Crippen LogP contribution in [0, 0.1) is 0 Å². The van der Waals surface area contributed by atoms with Crippen LogP contribution >= 0.6 is 0 Å². The van der Waals surface area contributed by atoms with E-state index in [1.54, 1.807) is 4.72 Å². The third-order valence-corrected chi connectivity index (χ3v) is 4.20. The number of anilines is 1. The number of hydrogen-bond donors (Lipinski definition) is 2. The molecule has 11 nitrogen and oxygen atoms in total. The smallest absolute Gasteiger partial charge is 0.335 e. The second kappa shape index (κ2) is 7.17. The monoisotopic (exact) mass is 369 g/mol. The van der Waals surface area contributed by atoms with Crippen LogP contribution in [0.5, 0.6) is 11.8 Å². The quantitative estimate of drug-likeness (QED) is 0.732. The van der Waals surface area contributed by atoms with Gasteiger partial charge in [0, 0.05) is 25.5 Å². The topological polar surface area (TPSA) is 142 Å². The van der Waals surface area contributed by atoms with Crippen molar-refractivity contribution in [1.82, 2.24) is 19.3 Å². The normalized spacial score (nSPS) is 10.8. The molecule has 25 heavy (non-hydrogen) atoms. The highest BCUT2D eigenvalue weighted by atomic mass is 32.2. The van der Waals surface area contributed by atoms with E-state index in [-0.39, 0.29) is 17.7 Å². The Morgan fingerprint density at radius 2 is 1.80 bits per heavy atom. The maximum atomic E-state index is 12.2. The van der Waals surface area contributed by atoms with Crippen molar-refractivity contribution in [1.29, 1.82) is 0 Å². The number of aromatic nitrogens is 3. The summed E-state index contributed by atoms with van der Waals surface area (Å²) in [5.74, 6) is -0.0475. The van der Waals surface area contributed by atoms with Crippen molar-refractivity contribution in [2.45, 2.75) is 4.90 Å². The number of ether oxygens (including phenoxy) is 2. The third-order valence-electron chi connectivity index (χ3n) is 2.86. The van der Waals surface area contributed by atoms with Crippen LogP contribution in [0.15, 0.2) is 34.2 Å². The van der Waals surface area contributed by atoms with E-state index in [1.165, 1.54) is 38.1 Å². The highest BCUT2D eigenvalue weighted by Crippen LogP contribution is 2.17. The van der Waals surface area contributed by atoms with Gasteiger partial charge in [0.1, 0.15) is 0 Å². The predicted molar refractivity (Wildman–Crippen MR) is 86.2 cm³/mol. The van der Waals surface area contributed by atoms with E-state index >= 15 is 0 Å². The number of nitrogens with zero attached hydrogens (tertiary/aromatic N) is 3. The van der Waals surface area contributed by atoms with Crippen LogP contribution in [-0.2, 0) is 17.1 Å². The van der Waals surface area contributed by atoms with Crippen LogP contribution in [0.25, 0.3) is 0 Å². The second-order valence-electron chi connectivity index (χ2n) is 4.67. The number of carbonyl (C=O) groups is 1. The number of hydrogen-bond acceptors (Lipinski definition) is 8. The van der Waals surface area contributed by atoms with Gasteiger partial charge in [-0.3, -0.25) is 10.1 Å². The van der Waals surface area contributed by atoms with Crippen LogP contribution in [0.1, 0.15) is 0 Å². The van der Waals surface area contributed by atoms with E-state index in [9.17, 15) is 18.0 Å². The molecule has 0 aliphatic rings. The lowest BCUT2D eigenvalue weighted by Crippen LogP contribution is -2.37. The van der Waals surface area contributed by atoms with E-state index in [4.69, 9.17) is 9.47 Å². The largest absolute Gasteiger partial charge is 0.481 e. The molecule has 2 heterocycles. The number of aryl methyl sites for hydroxylation is 1. The van der Waals surface area contributed by atoms with Crippen molar-refractivity contribution in [3.63, 3.8) is 0 Å². The Balaban J connectivity index is 2.22. The van der Waals surface area contributed by atoms with Crippen LogP contribution in [0.2, 0.25) is 0 Å². The zero-order chi connectivity index (χ0) is 18.6. The standard InChI is InChI=1S/C13H15N5O6S/c1-18-5-4-8(19)9(7-18)25(21,22)17-13(20)16-12-14-10(23-2)6-11(15-12)24-3/h4-7H,1-3H3,(H2,14,15,16,17,20). The number of rotatable bonds is 5. The summed E-state index contributed by atoms with van der Waals surface area (Å²) >= 11 is 0. The second-order valence-corrected chi connectivity index (χ2v) is 6.33. The molecule has 2 aromatic rings. The number of pyridine rings is 1. The van der Waals surface area contributed by atoms with Gasteiger partial charge in [0.25, 0.3) is 10.0 Å². The lowest BCUT2D eigenvalue weighted by atomic mass is 10.5. The number of amides is 2. The zero-order valence-electron chi connectivity index (χ0n) is 13.5. The Morgan fingerprint density at radius 1 is 1.20 bits per heavy atom. The minimum absolute atomic E-state index is 0.0990. The van der Waals surface area contributed by atoms with Crippen molar-refractivity contribution in [2.75, 3.05) is 19.5 Å². The van der Waals surface area contributed by atoms with Crippen LogP contribution in [0.3, 0.4) is 0 Å². The van der Waals surface area contributed by atoms with Gasteiger partial charge in [-0.1, -0.05) is 0 Å². The molecule has 12 heteroatoms. The Bertz CT molecular complexity index is 933. The Morgan fingerprint density at radius 3 is 2.36 bits per heavy atom. The molecule has 0 saturated carbocycles. The minimum Gasteiger partial charge on any atom is -0.481 e. The Hall–Kier alpha value is -3.15. The molecular formula is C13H15N5O6S. The van der Waals surface area contributed by atoms with Crippen molar-refractivity contribution >= 4 is 22.0 Å². The lowest BCUT2D eigenvalue weighted by Gasteiger charge is -2.09. The van der Waals surface area contributed by atoms with Gasteiger partial charge in [0.2, 0.25) is 23.1 Å². The van der Waals surface area contributed by atoms with Gasteiger partial charge in [-0.2, -0.15) is 9.97 Å². The van der Waals surface area contributed by atoms with E-state index in [1.807, 2.05) is 0 Å². The summed E-state index contributed by atoms with van der Waals surface area (Å²) in [5, 5.41) is 2.13.